The lowest BCUT2D eigenvalue weighted by Crippen LogP contribution is -2.12. The van der Waals surface area contributed by atoms with Gasteiger partial charge in [-0.15, -0.1) is 11.3 Å². The van der Waals surface area contributed by atoms with Crippen LogP contribution in [0.4, 0.5) is 11.4 Å². The SMILES string of the molecule is Nc1cc(Br)cc(Br)c1NC(=O)c1cc2c(s1)CCC2. The van der Waals surface area contributed by atoms with E-state index in [-0.39, 0.29) is 5.91 Å². The molecule has 1 aromatic carbocycles. The number of nitrogens with one attached hydrogen (secondary N) is 1. The minimum Gasteiger partial charge on any atom is -0.397 e. The van der Waals surface area contributed by atoms with E-state index in [1.54, 1.807) is 17.4 Å². The van der Waals surface area contributed by atoms with Crippen molar-refractivity contribution in [2.24, 2.45) is 0 Å². The van der Waals surface area contributed by atoms with Gasteiger partial charge >= 0.3 is 0 Å². The minimum atomic E-state index is -0.0980. The fourth-order valence-corrected chi connectivity index (χ4v) is 4.85. The number of amides is 1. The molecule has 1 aliphatic rings. The van der Waals surface area contributed by atoms with Crippen molar-refractivity contribution in [2.45, 2.75) is 19.3 Å². The van der Waals surface area contributed by atoms with E-state index in [0.29, 0.717) is 11.4 Å². The Balaban J connectivity index is 1.85. The first-order chi connectivity index (χ1) is 9.54. The van der Waals surface area contributed by atoms with Gasteiger partial charge in [0.05, 0.1) is 16.3 Å². The number of rotatable bonds is 2. The summed E-state index contributed by atoms with van der Waals surface area (Å²) in [6.07, 6.45) is 3.38. The number of carbonyl (C=O) groups is 1. The standard InChI is InChI=1S/C14H12Br2N2OS/c15-8-5-9(16)13(10(17)6-8)18-14(19)12-4-7-2-1-3-11(7)20-12/h4-6H,1-3,17H2,(H,18,19). The molecule has 3 rings (SSSR count). The maximum absolute atomic E-state index is 12.3. The lowest BCUT2D eigenvalue weighted by Gasteiger charge is -2.10. The van der Waals surface area contributed by atoms with Gasteiger partial charge in [-0.2, -0.15) is 0 Å². The fraction of sp³-hybridized carbons (Fsp3) is 0.214. The van der Waals surface area contributed by atoms with Gasteiger partial charge in [0.2, 0.25) is 0 Å². The number of hydrogen-bond acceptors (Lipinski definition) is 3. The van der Waals surface area contributed by atoms with Crippen LogP contribution < -0.4 is 11.1 Å². The summed E-state index contributed by atoms with van der Waals surface area (Å²) < 4.78 is 1.64. The third kappa shape index (κ3) is 2.64. The number of thiophene rings is 1. The van der Waals surface area contributed by atoms with Gasteiger partial charge in [-0.25, -0.2) is 0 Å². The number of benzene rings is 1. The summed E-state index contributed by atoms with van der Waals surface area (Å²) in [5.41, 5.74) is 8.42. The molecule has 0 fully saturated rings. The minimum absolute atomic E-state index is 0.0980. The van der Waals surface area contributed by atoms with Crippen molar-refractivity contribution in [2.75, 3.05) is 11.1 Å². The molecule has 0 saturated heterocycles. The van der Waals surface area contributed by atoms with Gasteiger partial charge in [0.15, 0.2) is 0 Å². The van der Waals surface area contributed by atoms with Crippen LogP contribution in [0.15, 0.2) is 27.1 Å². The molecule has 1 aliphatic carbocycles. The molecule has 0 spiro atoms. The summed E-state index contributed by atoms with van der Waals surface area (Å²) in [5.74, 6) is -0.0980. The summed E-state index contributed by atoms with van der Waals surface area (Å²) in [4.78, 5) is 14.4. The molecule has 3 nitrogen and oxygen atoms in total. The van der Waals surface area contributed by atoms with Crippen molar-refractivity contribution in [1.82, 2.24) is 0 Å². The Bertz CT molecular complexity index is 652. The lowest BCUT2D eigenvalue weighted by molar-refractivity contribution is 0.103. The number of nitrogen functional groups attached to an aromatic ring is 1. The Morgan fingerprint density at radius 2 is 2.05 bits per heavy atom. The molecule has 2 aromatic rings. The zero-order chi connectivity index (χ0) is 14.3. The maximum atomic E-state index is 12.3. The molecule has 0 unspecified atom stereocenters. The highest BCUT2D eigenvalue weighted by molar-refractivity contribution is 9.11. The first-order valence-corrected chi connectivity index (χ1v) is 8.62. The van der Waals surface area contributed by atoms with Crippen molar-refractivity contribution in [3.63, 3.8) is 0 Å². The normalized spacial score (nSPS) is 13.3. The van der Waals surface area contributed by atoms with E-state index in [1.807, 2.05) is 12.1 Å². The third-order valence-electron chi connectivity index (χ3n) is 3.29. The lowest BCUT2D eigenvalue weighted by atomic mass is 10.2. The van der Waals surface area contributed by atoms with Gasteiger partial charge in [0.1, 0.15) is 0 Å². The van der Waals surface area contributed by atoms with E-state index in [0.717, 1.165) is 26.7 Å². The second-order valence-corrected chi connectivity index (χ2v) is 7.63. The molecule has 0 bridgehead atoms. The number of nitrogens with two attached hydrogens (primary N) is 1. The van der Waals surface area contributed by atoms with E-state index < -0.39 is 0 Å². The smallest absolute Gasteiger partial charge is 0.265 e. The molecule has 0 atom stereocenters. The van der Waals surface area contributed by atoms with Crippen molar-refractivity contribution in [3.8, 4) is 0 Å². The van der Waals surface area contributed by atoms with Gasteiger partial charge in [-0.05, 0) is 59.0 Å². The van der Waals surface area contributed by atoms with Gasteiger partial charge in [-0.3, -0.25) is 4.79 Å². The van der Waals surface area contributed by atoms with Crippen LogP contribution in [0.1, 0.15) is 26.5 Å². The molecule has 3 N–H and O–H groups in total. The Morgan fingerprint density at radius 3 is 2.75 bits per heavy atom. The van der Waals surface area contributed by atoms with E-state index in [9.17, 15) is 4.79 Å². The van der Waals surface area contributed by atoms with Crippen molar-refractivity contribution in [1.29, 1.82) is 0 Å². The second-order valence-electron chi connectivity index (χ2n) is 4.72. The summed E-state index contributed by atoms with van der Waals surface area (Å²) in [6, 6.07) is 5.64. The van der Waals surface area contributed by atoms with Gasteiger partial charge in [-0.1, -0.05) is 15.9 Å². The van der Waals surface area contributed by atoms with Crippen molar-refractivity contribution >= 4 is 60.5 Å². The van der Waals surface area contributed by atoms with Crippen LogP contribution in [-0.2, 0) is 12.8 Å². The highest BCUT2D eigenvalue weighted by atomic mass is 79.9. The highest BCUT2D eigenvalue weighted by Gasteiger charge is 2.19. The van der Waals surface area contributed by atoms with Crippen LogP contribution >= 0.6 is 43.2 Å². The topological polar surface area (TPSA) is 55.1 Å². The van der Waals surface area contributed by atoms with E-state index in [1.165, 1.54) is 16.9 Å². The van der Waals surface area contributed by atoms with Crippen molar-refractivity contribution in [3.05, 3.63) is 42.5 Å². The summed E-state index contributed by atoms with van der Waals surface area (Å²) in [5, 5.41) is 2.89. The van der Waals surface area contributed by atoms with E-state index in [2.05, 4.69) is 37.2 Å². The zero-order valence-electron chi connectivity index (χ0n) is 10.5. The Labute approximate surface area is 137 Å². The van der Waals surface area contributed by atoms with Gasteiger partial charge in [0, 0.05) is 13.8 Å². The molecule has 1 amide bonds. The zero-order valence-corrected chi connectivity index (χ0v) is 14.5. The predicted octanol–water partition coefficient (Wildman–Crippen LogP) is 4.60. The van der Waals surface area contributed by atoms with Gasteiger partial charge in [0.25, 0.3) is 5.91 Å². The average molecular weight is 416 g/mol. The Hall–Kier alpha value is -0.850. The third-order valence-corrected chi connectivity index (χ3v) is 5.61. The highest BCUT2D eigenvalue weighted by Crippen LogP contribution is 2.34. The molecular weight excluding hydrogens is 404 g/mol. The first-order valence-electron chi connectivity index (χ1n) is 6.22. The molecule has 0 radical (unpaired) electrons. The van der Waals surface area contributed by atoms with Crippen LogP contribution in [0.5, 0.6) is 0 Å². The van der Waals surface area contributed by atoms with Crippen LogP contribution in [0.3, 0.4) is 0 Å². The fourth-order valence-electron chi connectivity index (χ4n) is 2.34. The Morgan fingerprint density at radius 1 is 1.25 bits per heavy atom. The summed E-state index contributed by atoms with van der Waals surface area (Å²) in [6.45, 7) is 0. The number of hydrogen-bond donors (Lipinski definition) is 2. The van der Waals surface area contributed by atoms with Gasteiger partial charge < -0.3 is 11.1 Å². The molecular formula is C14H12Br2N2OS. The number of halogens is 2. The number of anilines is 2. The van der Waals surface area contributed by atoms with E-state index >= 15 is 0 Å². The quantitative estimate of drug-likeness (QED) is 0.704. The summed E-state index contributed by atoms with van der Waals surface area (Å²) in [7, 11) is 0. The van der Waals surface area contributed by atoms with Crippen LogP contribution in [-0.4, -0.2) is 5.91 Å². The van der Waals surface area contributed by atoms with Crippen molar-refractivity contribution < 1.29 is 4.79 Å². The first kappa shape index (κ1) is 14.1. The second kappa shape index (κ2) is 5.50. The average Bonchev–Trinajstić information content (AvgIpc) is 2.93. The molecule has 1 aromatic heterocycles. The predicted molar refractivity (Wildman–Crippen MR) is 90.6 cm³/mol. The molecule has 0 aliphatic heterocycles. The van der Waals surface area contributed by atoms with Crippen LogP contribution in [0.2, 0.25) is 0 Å². The largest absolute Gasteiger partial charge is 0.397 e. The van der Waals surface area contributed by atoms with Crippen LogP contribution in [0.25, 0.3) is 0 Å². The number of aryl methyl sites for hydroxylation is 2. The monoisotopic (exact) mass is 414 g/mol. The maximum Gasteiger partial charge on any atom is 0.265 e. The molecule has 0 saturated carbocycles. The number of carbonyl (C=O) groups excluding carboxylic acids is 1. The summed E-state index contributed by atoms with van der Waals surface area (Å²) >= 11 is 8.38. The molecule has 104 valence electrons. The van der Waals surface area contributed by atoms with Crippen LogP contribution in [0, 0.1) is 0 Å². The molecule has 20 heavy (non-hydrogen) atoms. The van der Waals surface area contributed by atoms with E-state index in [4.69, 9.17) is 5.73 Å². The molecule has 6 heteroatoms. The number of fused-ring (bicyclic) bond motifs is 1. The Kier molecular flexibility index (Phi) is 3.88. The molecule has 1 heterocycles.